The van der Waals surface area contributed by atoms with Gasteiger partial charge in [0, 0.05) is 18.1 Å². The number of amides is 1. The number of pyridine rings is 1. The van der Waals surface area contributed by atoms with E-state index in [9.17, 15) is 13.2 Å². The van der Waals surface area contributed by atoms with Crippen molar-refractivity contribution in [2.45, 2.75) is 18.2 Å². The molecule has 0 atom stereocenters. The lowest BCUT2D eigenvalue weighted by Crippen LogP contribution is -2.16. The van der Waals surface area contributed by atoms with E-state index in [1.54, 1.807) is 48.8 Å². The Bertz CT molecular complexity index is 743. The van der Waals surface area contributed by atoms with Gasteiger partial charge in [-0.05, 0) is 37.6 Å². The molecule has 0 radical (unpaired) electrons. The van der Waals surface area contributed by atoms with E-state index in [2.05, 4.69) is 10.3 Å². The number of hydrogen-bond acceptors (Lipinski definition) is 5. The minimum Gasteiger partial charge on any atom is -0.449 e. The molecule has 0 saturated carbocycles. The molecular formula is C16H18N2O4S. The molecule has 0 aliphatic heterocycles. The molecule has 0 saturated heterocycles. The third-order valence-corrected chi connectivity index (χ3v) is 4.91. The molecule has 0 aliphatic carbocycles. The molecule has 2 aromatic rings. The summed E-state index contributed by atoms with van der Waals surface area (Å²) in [5, 5.41) is 2.53. The minimum atomic E-state index is -3.35. The van der Waals surface area contributed by atoms with E-state index in [0.29, 0.717) is 5.69 Å². The second-order valence-corrected chi connectivity index (χ2v) is 7.09. The number of aromatic nitrogens is 1. The number of sulfone groups is 1. The lowest BCUT2D eigenvalue weighted by molar-refractivity contribution is 0.162. The summed E-state index contributed by atoms with van der Waals surface area (Å²) < 4.78 is 29.2. The van der Waals surface area contributed by atoms with Crippen LogP contribution in [0.15, 0.2) is 53.7 Å². The summed E-state index contributed by atoms with van der Waals surface area (Å²) in [6.07, 6.45) is 2.71. The molecule has 0 unspecified atom stereocenters. The van der Waals surface area contributed by atoms with Crippen molar-refractivity contribution in [3.63, 3.8) is 0 Å². The van der Waals surface area contributed by atoms with Gasteiger partial charge in [0.15, 0.2) is 9.84 Å². The van der Waals surface area contributed by atoms with E-state index < -0.39 is 15.9 Å². The van der Waals surface area contributed by atoms with E-state index >= 15 is 0 Å². The van der Waals surface area contributed by atoms with Gasteiger partial charge in [-0.2, -0.15) is 0 Å². The van der Waals surface area contributed by atoms with Crippen LogP contribution < -0.4 is 5.32 Å². The molecule has 1 aromatic heterocycles. The largest absolute Gasteiger partial charge is 0.449 e. The van der Waals surface area contributed by atoms with Crippen LogP contribution in [0.1, 0.15) is 12.0 Å². The number of benzene rings is 1. The van der Waals surface area contributed by atoms with Crippen molar-refractivity contribution in [2.24, 2.45) is 0 Å². The van der Waals surface area contributed by atoms with Crippen LogP contribution in [-0.4, -0.2) is 31.9 Å². The van der Waals surface area contributed by atoms with Gasteiger partial charge in [0.25, 0.3) is 0 Å². The predicted molar refractivity (Wildman–Crippen MR) is 87.1 cm³/mol. The van der Waals surface area contributed by atoms with Gasteiger partial charge < -0.3 is 4.74 Å². The van der Waals surface area contributed by atoms with Gasteiger partial charge in [0.05, 0.1) is 17.3 Å². The standard InChI is InChI=1S/C16H18N2O4S/c1-13-3-5-15(6-4-13)23(20,21)12-2-11-22-16(19)18-14-7-9-17-10-8-14/h3-10H,2,11-12H2,1H3,(H,17,18,19). The van der Waals surface area contributed by atoms with Crippen LogP contribution in [0.2, 0.25) is 0 Å². The summed E-state index contributed by atoms with van der Waals surface area (Å²) in [7, 11) is -3.35. The summed E-state index contributed by atoms with van der Waals surface area (Å²) in [4.78, 5) is 15.7. The fourth-order valence-electron chi connectivity index (χ4n) is 1.87. The highest BCUT2D eigenvalue weighted by Crippen LogP contribution is 2.13. The van der Waals surface area contributed by atoms with E-state index in [1.807, 2.05) is 6.92 Å². The van der Waals surface area contributed by atoms with Crippen molar-refractivity contribution in [1.29, 1.82) is 0 Å². The van der Waals surface area contributed by atoms with Crippen LogP contribution in [0, 0.1) is 6.92 Å². The molecule has 122 valence electrons. The highest BCUT2D eigenvalue weighted by Gasteiger charge is 2.14. The Morgan fingerprint density at radius 3 is 2.43 bits per heavy atom. The maximum atomic E-state index is 12.1. The fourth-order valence-corrected chi connectivity index (χ4v) is 3.15. The Hall–Kier alpha value is -2.41. The van der Waals surface area contributed by atoms with Crippen molar-refractivity contribution in [3.05, 3.63) is 54.4 Å². The summed E-state index contributed by atoms with van der Waals surface area (Å²) in [5.74, 6) is -0.0708. The Morgan fingerprint density at radius 2 is 1.78 bits per heavy atom. The SMILES string of the molecule is Cc1ccc(S(=O)(=O)CCCOC(=O)Nc2ccncc2)cc1. The second-order valence-electron chi connectivity index (χ2n) is 4.98. The summed E-state index contributed by atoms with van der Waals surface area (Å²) in [6, 6.07) is 9.94. The van der Waals surface area contributed by atoms with E-state index in [0.717, 1.165) is 5.56 Å². The molecule has 1 aromatic carbocycles. The summed E-state index contributed by atoms with van der Waals surface area (Å²) in [5.41, 5.74) is 1.57. The van der Waals surface area contributed by atoms with Crippen LogP contribution in [-0.2, 0) is 14.6 Å². The maximum absolute atomic E-state index is 12.1. The molecule has 2 rings (SSSR count). The molecule has 1 N–H and O–H groups in total. The predicted octanol–water partition coefficient (Wildman–Crippen LogP) is 2.80. The summed E-state index contributed by atoms with van der Waals surface area (Å²) >= 11 is 0. The average molecular weight is 334 g/mol. The van der Waals surface area contributed by atoms with Crippen molar-refractivity contribution in [2.75, 3.05) is 17.7 Å². The van der Waals surface area contributed by atoms with Crippen molar-refractivity contribution < 1.29 is 17.9 Å². The first-order valence-electron chi connectivity index (χ1n) is 7.10. The normalized spacial score (nSPS) is 11.0. The maximum Gasteiger partial charge on any atom is 0.411 e. The van der Waals surface area contributed by atoms with Crippen LogP contribution in [0.5, 0.6) is 0 Å². The fraction of sp³-hybridized carbons (Fsp3) is 0.250. The topological polar surface area (TPSA) is 85.4 Å². The number of carbonyl (C=O) groups is 1. The monoisotopic (exact) mass is 334 g/mol. The smallest absolute Gasteiger partial charge is 0.411 e. The number of nitrogens with zero attached hydrogens (tertiary/aromatic N) is 1. The number of rotatable bonds is 6. The number of carbonyl (C=O) groups excluding carboxylic acids is 1. The van der Waals surface area contributed by atoms with Crippen LogP contribution in [0.25, 0.3) is 0 Å². The number of anilines is 1. The quantitative estimate of drug-likeness (QED) is 0.821. The van der Waals surface area contributed by atoms with E-state index in [1.165, 1.54) is 0 Å². The number of nitrogens with one attached hydrogen (secondary N) is 1. The Kier molecular flexibility index (Phi) is 5.70. The van der Waals surface area contributed by atoms with Gasteiger partial charge in [0.2, 0.25) is 0 Å². The van der Waals surface area contributed by atoms with Gasteiger partial charge in [-0.1, -0.05) is 17.7 Å². The number of hydrogen-bond donors (Lipinski definition) is 1. The van der Waals surface area contributed by atoms with Gasteiger partial charge in [-0.25, -0.2) is 13.2 Å². The lowest BCUT2D eigenvalue weighted by Gasteiger charge is -2.07. The zero-order chi connectivity index (χ0) is 16.7. The van der Waals surface area contributed by atoms with E-state index in [4.69, 9.17) is 4.74 Å². The number of ether oxygens (including phenoxy) is 1. The lowest BCUT2D eigenvalue weighted by atomic mass is 10.2. The molecule has 0 fully saturated rings. The third kappa shape index (κ3) is 5.37. The molecule has 0 spiro atoms. The van der Waals surface area contributed by atoms with Gasteiger partial charge >= 0.3 is 6.09 Å². The molecule has 6 nitrogen and oxygen atoms in total. The second kappa shape index (κ2) is 7.73. The third-order valence-electron chi connectivity index (χ3n) is 3.10. The molecule has 0 aliphatic rings. The van der Waals surface area contributed by atoms with Crippen LogP contribution >= 0.6 is 0 Å². The molecular weight excluding hydrogens is 316 g/mol. The number of aryl methyl sites for hydroxylation is 1. The molecule has 23 heavy (non-hydrogen) atoms. The van der Waals surface area contributed by atoms with Gasteiger partial charge in [-0.3, -0.25) is 10.3 Å². The van der Waals surface area contributed by atoms with Gasteiger partial charge in [0.1, 0.15) is 0 Å². The molecule has 7 heteroatoms. The Morgan fingerprint density at radius 1 is 1.13 bits per heavy atom. The first-order chi connectivity index (χ1) is 11.0. The highest BCUT2D eigenvalue weighted by molar-refractivity contribution is 7.91. The first-order valence-corrected chi connectivity index (χ1v) is 8.76. The molecule has 1 heterocycles. The zero-order valence-corrected chi connectivity index (χ0v) is 13.5. The zero-order valence-electron chi connectivity index (χ0n) is 12.7. The van der Waals surface area contributed by atoms with Crippen molar-refractivity contribution >= 4 is 21.6 Å². The average Bonchev–Trinajstić information content (AvgIpc) is 2.53. The Labute approximate surface area is 135 Å². The van der Waals surface area contributed by atoms with Crippen LogP contribution in [0.4, 0.5) is 10.5 Å². The molecule has 1 amide bonds. The minimum absolute atomic E-state index is 0.0298. The Balaban J connectivity index is 1.76. The van der Waals surface area contributed by atoms with Crippen LogP contribution in [0.3, 0.4) is 0 Å². The highest BCUT2D eigenvalue weighted by atomic mass is 32.2. The van der Waals surface area contributed by atoms with Crippen molar-refractivity contribution in [3.8, 4) is 0 Å². The first kappa shape index (κ1) is 17.0. The van der Waals surface area contributed by atoms with Gasteiger partial charge in [-0.15, -0.1) is 0 Å². The van der Waals surface area contributed by atoms with E-state index in [-0.39, 0.29) is 23.7 Å². The molecule has 0 bridgehead atoms. The summed E-state index contributed by atoms with van der Waals surface area (Å²) in [6.45, 7) is 1.92. The van der Waals surface area contributed by atoms with Crippen molar-refractivity contribution in [1.82, 2.24) is 4.98 Å².